The molecule has 1 amide bonds. The highest BCUT2D eigenvalue weighted by Crippen LogP contribution is 2.31. The number of carbonyl (C=O) groups excluding carboxylic acids is 1. The monoisotopic (exact) mass is 490 g/mol. The van der Waals surface area contributed by atoms with Crippen LogP contribution in [0.1, 0.15) is 15.9 Å². The summed E-state index contributed by atoms with van der Waals surface area (Å²) in [5, 5.41) is 2.79. The Hall–Kier alpha value is -3.44. The van der Waals surface area contributed by atoms with E-state index in [9.17, 15) is 26.4 Å². The average molecular weight is 491 g/mol. The summed E-state index contributed by atoms with van der Waals surface area (Å²) in [6.07, 6.45) is -3.07. The number of hydrogen-bond acceptors (Lipinski definition) is 5. The molecular weight excluding hydrogens is 469 g/mol. The molecule has 4 rings (SSSR count). The molecule has 2 aromatic carbocycles. The van der Waals surface area contributed by atoms with E-state index in [0.29, 0.717) is 0 Å². The molecule has 0 saturated carbocycles. The van der Waals surface area contributed by atoms with Crippen molar-refractivity contribution in [3.8, 4) is 0 Å². The van der Waals surface area contributed by atoms with Crippen molar-refractivity contribution in [3.05, 3.63) is 84.1 Å². The Morgan fingerprint density at radius 3 is 2.29 bits per heavy atom. The van der Waals surface area contributed by atoms with Crippen LogP contribution in [0.2, 0.25) is 0 Å². The zero-order chi connectivity index (χ0) is 24.3. The lowest BCUT2D eigenvalue weighted by atomic mass is 10.1. The third kappa shape index (κ3) is 5.05. The predicted octanol–water partition coefficient (Wildman–Crippen LogP) is 3.99. The van der Waals surface area contributed by atoms with Crippen LogP contribution in [0, 0.1) is 0 Å². The first-order valence-corrected chi connectivity index (χ1v) is 11.8. The highest BCUT2D eigenvalue weighted by Gasteiger charge is 2.32. The number of pyridine rings is 1. The second-order valence-corrected chi connectivity index (χ2v) is 9.55. The Bertz CT molecular complexity index is 1280. The Kier molecular flexibility index (Phi) is 6.58. The van der Waals surface area contributed by atoms with Crippen molar-refractivity contribution in [1.29, 1.82) is 0 Å². The number of anilines is 2. The van der Waals surface area contributed by atoms with Crippen molar-refractivity contribution in [3.63, 3.8) is 0 Å². The predicted molar refractivity (Wildman–Crippen MR) is 120 cm³/mol. The van der Waals surface area contributed by atoms with Gasteiger partial charge in [0, 0.05) is 38.1 Å². The molecule has 0 bridgehead atoms. The lowest BCUT2D eigenvalue weighted by Crippen LogP contribution is -2.50. The summed E-state index contributed by atoms with van der Waals surface area (Å²) in [4.78, 5) is 19.0. The molecule has 11 heteroatoms. The molecule has 1 N–H and O–H groups in total. The first kappa shape index (κ1) is 23.7. The fourth-order valence-electron chi connectivity index (χ4n) is 3.63. The summed E-state index contributed by atoms with van der Waals surface area (Å²) in [6.45, 7) is 0.588. The SMILES string of the molecule is O=C(c1cccnc1Nc1cccc(C(F)(F)F)c1)N1CCN(S(=O)(=O)c2ccccc2)CC1. The fraction of sp³-hybridized carbons (Fsp3) is 0.217. The standard InChI is InChI=1S/C23H21F3N4O3S/c24-23(25,26)17-6-4-7-18(16-17)28-21-20(10-5-11-27-21)22(31)29-12-14-30(15-13-29)34(32,33)19-8-2-1-3-9-19/h1-11,16H,12-15H2,(H,27,28). The van der Waals surface area contributed by atoms with E-state index in [1.165, 1.54) is 45.7 Å². The zero-order valence-electron chi connectivity index (χ0n) is 17.9. The van der Waals surface area contributed by atoms with Crippen molar-refractivity contribution < 1.29 is 26.4 Å². The van der Waals surface area contributed by atoms with Gasteiger partial charge >= 0.3 is 6.18 Å². The molecule has 3 aromatic rings. The first-order chi connectivity index (χ1) is 16.2. The van der Waals surface area contributed by atoms with E-state index in [0.717, 1.165) is 12.1 Å². The zero-order valence-corrected chi connectivity index (χ0v) is 18.7. The van der Waals surface area contributed by atoms with E-state index in [2.05, 4.69) is 10.3 Å². The first-order valence-electron chi connectivity index (χ1n) is 10.4. The number of alkyl halides is 3. The van der Waals surface area contributed by atoms with Crippen LogP contribution in [0.3, 0.4) is 0 Å². The molecule has 1 aliphatic rings. The summed E-state index contributed by atoms with van der Waals surface area (Å²) in [7, 11) is -3.66. The second kappa shape index (κ2) is 9.43. The van der Waals surface area contributed by atoms with Crippen molar-refractivity contribution in [2.75, 3.05) is 31.5 Å². The van der Waals surface area contributed by atoms with Gasteiger partial charge in [0.1, 0.15) is 5.82 Å². The second-order valence-electron chi connectivity index (χ2n) is 7.61. The molecule has 0 aliphatic carbocycles. The quantitative estimate of drug-likeness (QED) is 0.585. The van der Waals surface area contributed by atoms with E-state index in [4.69, 9.17) is 0 Å². The number of piperazine rings is 1. The number of nitrogens with zero attached hydrogens (tertiary/aromatic N) is 3. The van der Waals surface area contributed by atoms with Crippen LogP contribution < -0.4 is 5.32 Å². The molecule has 0 atom stereocenters. The molecule has 7 nitrogen and oxygen atoms in total. The minimum atomic E-state index is -4.50. The Balaban J connectivity index is 1.48. The van der Waals surface area contributed by atoms with Gasteiger partial charge in [0.05, 0.1) is 16.0 Å². The lowest BCUT2D eigenvalue weighted by Gasteiger charge is -2.34. The van der Waals surface area contributed by atoms with Gasteiger partial charge in [0.2, 0.25) is 10.0 Å². The molecule has 1 aromatic heterocycles. The van der Waals surface area contributed by atoms with Gasteiger partial charge in [-0.1, -0.05) is 24.3 Å². The van der Waals surface area contributed by atoms with Gasteiger partial charge in [-0.05, 0) is 42.5 Å². The molecule has 2 heterocycles. The van der Waals surface area contributed by atoms with Gasteiger partial charge in [-0.3, -0.25) is 4.79 Å². The van der Waals surface area contributed by atoms with Crippen LogP contribution in [-0.2, 0) is 16.2 Å². The molecule has 1 aliphatic heterocycles. The van der Waals surface area contributed by atoms with Crippen LogP contribution >= 0.6 is 0 Å². The molecule has 34 heavy (non-hydrogen) atoms. The number of rotatable bonds is 5. The third-order valence-electron chi connectivity index (χ3n) is 5.40. The number of halogens is 3. The number of aromatic nitrogens is 1. The molecule has 1 saturated heterocycles. The van der Waals surface area contributed by atoms with Crippen molar-refractivity contribution in [2.24, 2.45) is 0 Å². The van der Waals surface area contributed by atoms with E-state index in [1.807, 2.05) is 0 Å². The summed E-state index contributed by atoms with van der Waals surface area (Å²) in [5.74, 6) is -0.273. The highest BCUT2D eigenvalue weighted by molar-refractivity contribution is 7.89. The fourth-order valence-corrected chi connectivity index (χ4v) is 5.07. The number of sulfonamides is 1. The number of amides is 1. The van der Waals surface area contributed by atoms with E-state index < -0.39 is 21.8 Å². The van der Waals surface area contributed by atoms with Crippen LogP contribution in [-0.4, -0.2) is 54.7 Å². The molecule has 0 spiro atoms. The maximum Gasteiger partial charge on any atom is 0.416 e. The van der Waals surface area contributed by atoms with Crippen LogP contribution in [0.25, 0.3) is 0 Å². The van der Waals surface area contributed by atoms with Crippen molar-refractivity contribution >= 4 is 27.4 Å². The van der Waals surface area contributed by atoms with Gasteiger partial charge in [0.25, 0.3) is 5.91 Å². The summed E-state index contributed by atoms with van der Waals surface area (Å²) in [5.41, 5.74) is -0.502. The minimum absolute atomic E-state index is 0.117. The maximum absolute atomic E-state index is 13.2. The number of hydrogen-bond donors (Lipinski definition) is 1. The van der Waals surface area contributed by atoms with Crippen LogP contribution in [0.5, 0.6) is 0 Å². The highest BCUT2D eigenvalue weighted by atomic mass is 32.2. The molecular formula is C23H21F3N4O3S. The van der Waals surface area contributed by atoms with Gasteiger partial charge < -0.3 is 10.2 Å². The summed E-state index contributed by atoms with van der Waals surface area (Å²) < 4.78 is 66.0. The minimum Gasteiger partial charge on any atom is -0.340 e. The van der Waals surface area contributed by atoms with Gasteiger partial charge in [-0.25, -0.2) is 13.4 Å². The van der Waals surface area contributed by atoms with Crippen molar-refractivity contribution in [1.82, 2.24) is 14.2 Å². The Labute approximate surface area is 194 Å². The summed E-state index contributed by atoms with van der Waals surface area (Å²) in [6, 6.07) is 15.8. The average Bonchev–Trinajstić information content (AvgIpc) is 2.84. The molecule has 0 unspecified atom stereocenters. The van der Waals surface area contributed by atoms with Crippen LogP contribution in [0.4, 0.5) is 24.7 Å². The topological polar surface area (TPSA) is 82.6 Å². The Morgan fingerprint density at radius 1 is 0.912 bits per heavy atom. The van der Waals surface area contributed by atoms with E-state index >= 15 is 0 Å². The van der Waals surface area contributed by atoms with E-state index in [-0.39, 0.29) is 54.1 Å². The number of carbonyl (C=O) groups is 1. The number of nitrogens with one attached hydrogen (secondary N) is 1. The van der Waals surface area contributed by atoms with Gasteiger partial charge in [-0.15, -0.1) is 0 Å². The molecule has 178 valence electrons. The smallest absolute Gasteiger partial charge is 0.340 e. The largest absolute Gasteiger partial charge is 0.416 e. The summed E-state index contributed by atoms with van der Waals surface area (Å²) >= 11 is 0. The van der Waals surface area contributed by atoms with E-state index in [1.54, 1.807) is 24.3 Å². The van der Waals surface area contributed by atoms with Crippen LogP contribution in [0.15, 0.2) is 77.8 Å². The molecule has 1 fully saturated rings. The molecule has 0 radical (unpaired) electrons. The Morgan fingerprint density at radius 2 is 1.62 bits per heavy atom. The van der Waals surface area contributed by atoms with Gasteiger partial charge in [-0.2, -0.15) is 17.5 Å². The third-order valence-corrected chi connectivity index (χ3v) is 7.31. The maximum atomic E-state index is 13.2. The van der Waals surface area contributed by atoms with Crippen molar-refractivity contribution in [2.45, 2.75) is 11.1 Å². The lowest BCUT2D eigenvalue weighted by molar-refractivity contribution is -0.137. The normalized spacial score (nSPS) is 15.2. The number of benzene rings is 2. The van der Waals surface area contributed by atoms with Gasteiger partial charge in [0.15, 0.2) is 0 Å².